The first-order chi connectivity index (χ1) is 11.4. The van der Waals surface area contributed by atoms with E-state index in [0.29, 0.717) is 24.6 Å². The van der Waals surface area contributed by atoms with E-state index in [2.05, 4.69) is 17.5 Å². The average Bonchev–Trinajstić information content (AvgIpc) is 3.14. The van der Waals surface area contributed by atoms with Crippen molar-refractivity contribution in [3.05, 3.63) is 29.8 Å². The lowest BCUT2D eigenvalue weighted by Gasteiger charge is -2.15. The van der Waals surface area contributed by atoms with Gasteiger partial charge in [0.1, 0.15) is 0 Å². The van der Waals surface area contributed by atoms with E-state index in [1.807, 2.05) is 13.8 Å². The van der Waals surface area contributed by atoms with Crippen LogP contribution in [0.5, 0.6) is 0 Å². The summed E-state index contributed by atoms with van der Waals surface area (Å²) in [6.07, 6.45) is 2.74. The monoisotopic (exact) mass is 351 g/mol. The van der Waals surface area contributed by atoms with E-state index in [0.717, 1.165) is 25.0 Å². The van der Waals surface area contributed by atoms with Crippen molar-refractivity contribution < 1.29 is 13.2 Å². The molecule has 0 aliphatic carbocycles. The molecule has 1 amide bonds. The molecule has 0 bridgehead atoms. The van der Waals surface area contributed by atoms with Crippen LogP contribution in [0.15, 0.2) is 34.3 Å². The van der Waals surface area contributed by atoms with Crippen molar-refractivity contribution in [2.75, 3.05) is 13.1 Å². The highest BCUT2D eigenvalue weighted by Crippen LogP contribution is 2.21. The Bertz CT molecular complexity index is 705. The van der Waals surface area contributed by atoms with Gasteiger partial charge in [-0.05, 0) is 56.4 Å². The Hall–Kier alpha value is -1.73. The lowest BCUT2D eigenvalue weighted by molar-refractivity contribution is 0.0954. The molecule has 0 radical (unpaired) electrons. The number of nitrogens with one attached hydrogen (secondary N) is 1. The molecule has 132 valence electrons. The first kappa shape index (κ1) is 18.6. The maximum Gasteiger partial charge on any atom is 0.271 e. The van der Waals surface area contributed by atoms with Gasteiger partial charge in [-0.3, -0.25) is 4.79 Å². The molecule has 2 rings (SSSR count). The van der Waals surface area contributed by atoms with E-state index < -0.39 is 10.0 Å². The van der Waals surface area contributed by atoms with Crippen molar-refractivity contribution in [3.8, 4) is 0 Å². The molecule has 6 nitrogen and oxygen atoms in total. The summed E-state index contributed by atoms with van der Waals surface area (Å²) in [5.74, 6) is -0.0407. The van der Waals surface area contributed by atoms with Gasteiger partial charge in [0.15, 0.2) is 0 Å². The zero-order valence-corrected chi connectivity index (χ0v) is 15.3. The number of nitrogens with zero attached hydrogens (tertiary/aromatic N) is 2. The molecule has 0 saturated carbocycles. The summed E-state index contributed by atoms with van der Waals surface area (Å²) < 4.78 is 26.4. The number of carbonyl (C=O) groups is 1. The highest BCUT2D eigenvalue weighted by atomic mass is 32.2. The van der Waals surface area contributed by atoms with Gasteiger partial charge in [-0.15, -0.1) is 0 Å². The van der Waals surface area contributed by atoms with Crippen LogP contribution in [0.2, 0.25) is 0 Å². The molecule has 1 aromatic carbocycles. The lowest BCUT2D eigenvalue weighted by Crippen LogP contribution is -2.28. The van der Waals surface area contributed by atoms with Gasteiger partial charge in [-0.1, -0.05) is 13.8 Å². The molecule has 1 fully saturated rings. The van der Waals surface area contributed by atoms with Gasteiger partial charge < -0.3 is 0 Å². The van der Waals surface area contributed by atoms with E-state index in [4.69, 9.17) is 0 Å². The molecular formula is C17H25N3O3S. The number of rotatable bonds is 6. The van der Waals surface area contributed by atoms with Crippen molar-refractivity contribution in [1.82, 2.24) is 9.73 Å². The lowest BCUT2D eigenvalue weighted by atomic mass is 10.1. The van der Waals surface area contributed by atoms with Crippen LogP contribution in [0.25, 0.3) is 0 Å². The Balaban J connectivity index is 2.07. The zero-order chi connectivity index (χ0) is 17.7. The van der Waals surface area contributed by atoms with Gasteiger partial charge in [0, 0.05) is 24.4 Å². The second-order valence-electron chi connectivity index (χ2n) is 6.14. The van der Waals surface area contributed by atoms with Crippen LogP contribution < -0.4 is 5.43 Å². The maximum atomic E-state index is 12.4. The third-order valence-corrected chi connectivity index (χ3v) is 6.39. The Morgan fingerprint density at radius 3 is 2.38 bits per heavy atom. The molecule has 1 saturated heterocycles. The third-order valence-electron chi connectivity index (χ3n) is 4.48. The molecule has 1 aliphatic heterocycles. The van der Waals surface area contributed by atoms with Crippen molar-refractivity contribution in [1.29, 1.82) is 0 Å². The molecule has 0 aromatic heterocycles. The van der Waals surface area contributed by atoms with Crippen LogP contribution in [0.1, 0.15) is 50.4 Å². The highest BCUT2D eigenvalue weighted by Gasteiger charge is 2.27. The Kier molecular flexibility index (Phi) is 6.12. The molecule has 1 aromatic rings. The minimum atomic E-state index is -3.45. The van der Waals surface area contributed by atoms with Crippen molar-refractivity contribution in [3.63, 3.8) is 0 Å². The number of benzene rings is 1. The second kappa shape index (κ2) is 7.90. The summed E-state index contributed by atoms with van der Waals surface area (Å²) in [6, 6.07) is 6.00. The van der Waals surface area contributed by atoms with Crippen molar-refractivity contribution in [2.45, 2.75) is 44.9 Å². The first-order valence-corrected chi connectivity index (χ1v) is 9.75. The summed E-state index contributed by atoms with van der Waals surface area (Å²) >= 11 is 0. The Morgan fingerprint density at radius 1 is 1.25 bits per heavy atom. The molecule has 24 heavy (non-hydrogen) atoms. The second-order valence-corrected chi connectivity index (χ2v) is 8.08. The predicted octanol–water partition coefficient (Wildman–Crippen LogP) is 2.62. The van der Waals surface area contributed by atoms with E-state index in [9.17, 15) is 13.2 Å². The Labute approximate surface area is 144 Å². The topological polar surface area (TPSA) is 78.8 Å². The smallest absolute Gasteiger partial charge is 0.267 e. The van der Waals surface area contributed by atoms with Crippen LogP contribution in [0.4, 0.5) is 0 Å². The number of hydrazone groups is 1. The van der Waals surface area contributed by atoms with Gasteiger partial charge in [-0.25, -0.2) is 13.8 Å². The van der Waals surface area contributed by atoms with Crippen molar-refractivity contribution in [2.24, 2.45) is 11.0 Å². The minimum Gasteiger partial charge on any atom is -0.267 e. The predicted molar refractivity (Wildman–Crippen MR) is 94.5 cm³/mol. The van der Waals surface area contributed by atoms with Gasteiger partial charge in [0.05, 0.1) is 4.90 Å². The average molecular weight is 351 g/mol. The normalized spacial score (nSPS) is 17.7. The molecule has 1 atom stereocenters. The van der Waals surface area contributed by atoms with Crippen LogP contribution in [-0.4, -0.2) is 37.4 Å². The fraction of sp³-hybridized carbons (Fsp3) is 0.529. The number of carbonyl (C=O) groups excluding carboxylic acids is 1. The summed E-state index contributed by atoms with van der Waals surface area (Å²) in [6.45, 7) is 7.11. The molecule has 1 heterocycles. The van der Waals surface area contributed by atoms with Gasteiger partial charge in [0.2, 0.25) is 10.0 Å². The molecular weight excluding hydrogens is 326 g/mol. The van der Waals surface area contributed by atoms with Gasteiger partial charge >= 0.3 is 0 Å². The van der Waals surface area contributed by atoms with E-state index in [-0.39, 0.29) is 10.8 Å². The summed E-state index contributed by atoms with van der Waals surface area (Å²) in [7, 11) is -3.45. The number of hydrogen-bond acceptors (Lipinski definition) is 4. The number of sulfonamides is 1. The van der Waals surface area contributed by atoms with E-state index in [1.165, 1.54) is 28.6 Å². The summed E-state index contributed by atoms with van der Waals surface area (Å²) in [5, 5.41) is 4.10. The van der Waals surface area contributed by atoms with Gasteiger partial charge in [-0.2, -0.15) is 9.41 Å². The largest absolute Gasteiger partial charge is 0.271 e. The van der Waals surface area contributed by atoms with Crippen LogP contribution in [0.3, 0.4) is 0 Å². The maximum absolute atomic E-state index is 12.4. The summed E-state index contributed by atoms with van der Waals surface area (Å²) in [5.41, 5.74) is 3.76. The third kappa shape index (κ3) is 4.21. The fourth-order valence-electron chi connectivity index (χ4n) is 2.46. The van der Waals surface area contributed by atoms with Crippen LogP contribution in [0, 0.1) is 5.92 Å². The molecule has 1 aliphatic rings. The molecule has 7 heteroatoms. The minimum absolute atomic E-state index is 0.222. The van der Waals surface area contributed by atoms with Gasteiger partial charge in [0.25, 0.3) is 5.91 Å². The van der Waals surface area contributed by atoms with Crippen LogP contribution in [-0.2, 0) is 10.0 Å². The van der Waals surface area contributed by atoms with E-state index in [1.54, 1.807) is 0 Å². The summed E-state index contributed by atoms with van der Waals surface area (Å²) in [4.78, 5) is 12.3. The number of hydrogen-bond donors (Lipinski definition) is 1. The van der Waals surface area contributed by atoms with Crippen LogP contribution >= 0.6 is 0 Å². The quantitative estimate of drug-likeness (QED) is 0.632. The fourth-order valence-corrected chi connectivity index (χ4v) is 3.98. The molecule has 0 spiro atoms. The number of amides is 1. The highest BCUT2D eigenvalue weighted by molar-refractivity contribution is 7.89. The standard InChI is InChI=1S/C17H25N3O3S/c1-4-13(2)14(3)18-19-17(21)15-7-9-16(10-8-15)24(22,23)20-11-5-6-12-20/h7-10,13H,4-6,11-12H2,1-3H3,(H,19,21)/b18-14-/t13-/m0/s1. The van der Waals surface area contributed by atoms with E-state index >= 15 is 0 Å². The molecule has 1 N–H and O–H groups in total. The zero-order valence-electron chi connectivity index (χ0n) is 14.4. The molecule has 0 unspecified atom stereocenters. The first-order valence-electron chi connectivity index (χ1n) is 8.31. The van der Waals surface area contributed by atoms with Crippen molar-refractivity contribution >= 4 is 21.6 Å². The Morgan fingerprint density at radius 2 is 1.83 bits per heavy atom. The SMILES string of the molecule is CC[C@H](C)/C(C)=N\NC(=O)c1ccc(S(=O)(=O)N2CCCC2)cc1.